The number of rotatable bonds is 4. The molecule has 11 rings (SSSR count). The van der Waals surface area contributed by atoms with Crippen molar-refractivity contribution in [1.29, 1.82) is 5.26 Å². The van der Waals surface area contributed by atoms with Gasteiger partial charge in [0.05, 0.1) is 57.5 Å². The quantitative estimate of drug-likeness (QED) is 0.172. The van der Waals surface area contributed by atoms with Gasteiger partial charge in [-0.25, -0.2) is 4.85 Å². The zero-order valence-corrected chi connectivity index (χ0v) is 29.3. The summed E-state index contributed by atoms with van der Waals surface area (Å²) in [6, 6.07) is 56.9. The molecule has 0 spiro atoms. The van der Waals surface area contributed by atoms with Crippen LogP contribution >= 0.6 is 0 Å². The van der Waals surface area contributed by atoms with E-state index in [0.29, 0.717) is 11.3 Å². The molecule has 0 fully saturated rings. The summed E-state index contributed by atoms with van der Waals surface area (Å²) in [5.41, 5.74) is 12.5. The number of para-hydroxylation sites is 3. The molecule has 7 aromatic carbocycles. The van der Waals surface area contributed by atoms with Gasteiger partial charge in [0.15, 0.2) is 5.69 Å². The van der Waals surface area contributed by atoms with Gasteiger partial charge in [-0.3, -0.25) is 4.98 Å². The second-order valence-corrected chi connectivity index (χ2v) is 13.9. The van der Waals surface area contributed by atoms with Gasteiger partial charge in [-0.15, -0.1) is 0 Å². The Labute approximate surface area is 315 Å². The highest BCUT2D eigenvalue weighted by atomic mass is 15.0. The summed E-state index contributed by atoms with van der Waals surface area (Å²) in [7, 11) is 0. The molecule has 6 heteroatoms. The van der Waals surface area contributed by atoms with Crippen LogP contribution in [-0.2, 0) is 0 Å². The monoisotopic (exact) mass is 700 g/mol. The summed E-state index contributed by atoms with van der Waals surface area (Å²) in [5, 5.41) is 17.1. The maximum Gasteiger partial charge on any atom is 0.188 e. The second kappa shape index (κ2) is 11.8. The van der Waals surface area contributed by atoms with Crippen molar-refractivity contribution in [2.24, 2.45) is 0 Å². The van der Waals surface area contributed by atoms with Crippen molar-refractivity contribution in [3.05, 3.63) is 187 Å². The lowest BCUT2D eigenvalue weighted by molar-refractivity contribution is 1.16. The van der Waals surface area contributed by atoms with E-state index >= 15 is 0 Å². The molecular formula is C49H28N6. The van der Waals surface area contributed by atoms with E-state index in [9.17, 15) is 5.26 Å². The molecule has 0 aliphatic carbocycles. The van der Waals surface area contributed by atoms with Gasteiger partial charge >= 0.3 is 0 Å². The van der Waals surface area contributed by atoms with Crippen molar-refractivity contribution < 1.29 is 0 Å². The van der Waals surface area contributed by atoms with Gasteiger partial charge in [0.25, 0.3) is 0 Å². The predicted octanol–water partition coefficient (Wildman–Crippen LogP) is 12.5. The zero-order valence-electron chi connectivity index (χ0n) is 29.3. The van der Waals surface area contributed by atoms with Gasteiger partial charge in [0, 0.05) is 50.2 Å². The predicted molar refractivity (Wildman–Crippen MR) is 224 cm³/mol. The van der Waals surface area contributed by atoms with E-state index in [4.69, 9.17) is 6.57 Å². The Kier molecular flexibility index (Phi) is 6.58. The van der Waals surface area contributed by atoms with Crippen LogP contribution < -0.4 is 0 Å². The number of nitriles is 1. The summed E-state index contributed by atoms with van der Waals surface area (Å²) in [6.07, 6.45) is 3.83. The molecule has 0 aliphatic heterocycles. The van der Waals surface area contributed by atoms with Crippen LogP contribution in [0.5, 0.6) is 0 Å². The average Bonchev–Trinajstić information content (AvgIpc) is 3.89. The van der Waals surface area contributed by atoms with Gasteiger partial charge in [0.2, 0.25) is 0 Å². The van der Waals surface area contributed by atoms with E-state index in [2.05, 4.69) is 145 Å². The summed E-state index contributed by atoms with van der Waals surface area (Å²) in [5.74, 6) is 0. The Morgan fingerprint density at radius 2 is 1.18 bits per heavy atom. The zero-order chi connectivity index (χ0) is 36.6. The molecule has 0 amide bonds. The van der Waals surface area contributed by atoms with Gasteiger partial charge in [-0.2, -0.15) is 5.26 Å². The third-order valence-corrected chi connectivity index (χ3v) is 10.9. The van der Waals surface area contributed by atoms with E-state index in [0.717, 1.165) is 82.8 Å². The fourth-order valence-electron chi connectivity index (χ4n) is 8.63. The number of hydrogen-bond acceptors (Lipinski definition) is 2. The average molecular weight is 701 g/mol. The number of hydrogen-bond donors (Lipinski definition) is 0. The van der Waals surface area contributed by atoms with Crippen LogP contribution in [0.15, 0.2) is 170 Å². The SMILES string of the molecule is [C-]#[N+]c1ccc2c(c1)c1ccccc1n2-c1cc(C#N)cc(-c2cccc(-n3c4cnccc4c4ccc5c(c6ccccc6n5-c5ccccc5)c43)c2)c1. The number of benzene rings is 7. The lowest BCUT2D eigenvalue weighted by Crippen LogP contribution is -1.97. The molecule has 0 atom stereocenters. The van der Waals surface area contributed by atoms with Crippen molar-refractivity contribution in [2.45, 2.75) is 0 Å². The Morgan fingerprint density at radius 1 is 0.491 bits per heavy atom. The topological polar surface area (TPSA) is 55.8 Å². The summed E-state index contributed by atoms with van der Waals surface area (Å²) < 4.78 is 6.90. The highest BCUT2D eigenvalue weighted by molar-refractivity contribution is 6.26. The molecule has 254 valence electrons. The fourth-order valence-corrected chi connectivity index (χ4v) is 8.63. The molecule has 0 saturated heterocycles. The Balaban J connectivity index is 1.17. The van der Waals surface area contributed by atoms with Crippen molar-refractivity contribution in [3.63, 3.8) is 0 Å². The summed E-state index contributed by atoms with van der Waals surface area (Å²) in [6.45, 7) is 7.62. The van der Waals surface area contributed by atoms with Gasteiger partial charge in [-0.05, 0) is 95.4 Å². The van der Waals surface area contributed by atoms with E-state index in [1.807, 2.05) is 54.9 Å². The number of pyridine rings is 1. The Hall–Kier alpha value is -7.93. The molecule has 0 saturated carbocycles. The first kappa shape index (κ1) is 30.7. The van der Waals surface area contributed by atoms with Crippen LogP contribution in [0.4, 0.5) is 5.69 Å². The molecule has 0 N–H and O–H groups in total. The highest BCUT2D eigenvalue weighted by Gasteiger charge is 2.21. The van der Waals surface area contributed by atoms with Crippen LogP contribution in [-0.4, -0.2) is 18.7 Å². The second-order valence-electron chi connectivity index (χ2n) is 13.9. The maximum atomic E-state index is 10.3. The van der Waals surface area contributed by atoms with E-state index < -0.39 is 0 Å². The molecular weight excluding hydrogens is 673 g/mol. The number of aromatic nitrogens is 4. The molecule has 0 radical (unpaired) electrons. The third kappa shape index (κ3) is 4.50. The number of nitrogens with zero attached hydrogens (tertiary/aromatic N) is 6. The Bertz CT molecular complexity index is 3460. The minimum atomic E-state index is 0.568. The summed E-state index contributed by atoms with van der Waals surface area (Å²) in [4.78, 5) is 8.31. The molecule has 4 aromatic heterocycles. The van der Waals surface area contributed by atoms with E-state index in [1.165, 1.54) is 10.8 Å². The van der Waals surface area contributed by atoms with Crippen molar-refractivity contribution >= 4 is 71.1 Å². The van der Waals surface area contributed by atoms with Crippen molar-refractivity contribution in [1.82, 2.24) is 18.7 Å². The third-order valence-electron chi connectivity index (χ3n) is 10.9. The maximum absolute atomic E-state index is 10.3. The first-order valence-electron chi connectivity index (χ1n) is 18.1. The normalized spacial score (nSPS) is 11.6. The Morgan fingerprint density at radius 3 is 2.02 bits per heavy atom. The van der Waals surface area contributed by atoms with Crippen molar-refractivity contribution in [2.75, 3.05) is 0 Å². The molecule has 0 bridgehead atoms. The smallest absolute Gasteiger partial charge is 0.188 e. The van der Waals surface area contributed by atoms with Crippen LogP contribution in [0.3, 0.4) is 0 Å². The van der Waals surface area contributed by atoms with E-state index in [1.54, 1.807) is 0 Å². The lowest BCUT2D eigenvalue weighted by Gasteiger charge is -2.14. The molecule has 0 unspecified atom stereocenters. The van der Waals surface area contributed by atoms with Crippen LogP contribution in [0.2, 0.25) is 0 Å². The molecule has 11 aromatic rings. The molecule has 0 aliphatic rings. The minimum absolute atomic E-state index is 0.568. The lowest BCUT2D eigenvalue weighted by atomic mass is 10.0. The van der Waals surface area contributed by atoms with Gasteiger partial charge < -0.3 is 13.7 Å². The standard InChI is InChI=1S/C49H28N6/c1-51-34-18-20-45-42(28-34)38-14-5-7-16-43(38)54(45)37-25-31(29-50)24-33(27-37)32-10-9-13-36(26-32)55-47-30-52-23-22-39(47)40-19-21-46-48(49(40)55)41-15-6-8-17-44(41)53(46)35-11-3-2-4-12-35/h2-28,30H. The van der Waals surface area contributed by atoms with Crippen LogP contribution in [0.25, 0.3) is 98.5 Å². The van der Waals surface area contributed by atoms with Gasteiger partial charge in [0.1, 0.15) is 0 Å². The van der Waals surface area contributed by atoms with Gasteiger partial charge in [-0.1, -0.05) is 78.9 Å². The highest BCUT2D eigenvalue weighted by Crippen LogP contribution is 2.42. The summed E-state index contributed by atoms with van der Waals surface area (Å²) >= 11 is 0. The first-order valence-corrected chi connectivity index (χ1v) is 18.1. The number of fused-ring (bicyclic) bond motifs is 10. The minimum Gasteiger partial charge on any atom is -0.309 e. The molecule has 55 heavy (non-hydrogen) atoms. The van der Waals surface area contributed by atoms with Crippen molar-refractivity contribution in [3.8, 4) is 34.3 Å². The fraction of sp³-hybridized carbons (Fsp3) is 0. The first-order chi connectivity index (χ1) is 27.2. The van der Waals surface area contributed by atoms with E-state index in [-0.39, 0.29) is 0 Å². The van der Waals surface area contributed by atoms with Crippen LogP contribution in [0.1, 0.15) is 5.56 Å². The van der Waals surface area contributed by atoms with Crippen LogP contribution in [0, 0.1) is 17.9 Å². The largest absolute Gasteiger partial charge is 0.309 e. The molecule has 6 nitrogen and oxygen atoms in total. The molecule has 4 heterocycles.